The van der Waals surface area contributed by atoms with E-state index in [9.17, 15) is 14.4 Å². The Kier molecular flexibility index (Phi) is 9.29. The monoisotopic (exact) mass is 631 g/mol. The number of ether oxygens (including phenoxy) is 4. The number of benzene rings is 2. The Morgan fingerprint density at radius 1 is 1.04 bits per heavy atom. The third-order valence-electron chi connectivity index (χ3n) is 7.67. The van der Waals surface area contributed by atoms with Crippen LogP contribution in [0.3, 0.4) is 0 Å². The number of thiazole rings is 1. The van der Waals surface area contributed by atoms with Crippen LogP contribution in [0.25, 0.3) is 17.0 Å². The Morgan fingerprint density at radius 3 is 2.49 bits per heavy atom. The fraction of sp³-hybridized carbons (Fsp3) is 0.353. The minimum atomic E-state index is -0.839. The van der Waals surface area contributed by atoms with Crippen LogP contribution in [0.15, 0.2) is 63.5 Å². The first-order valence-corrected chi connectivity index (χ1v) is 15.7. The molecular weight excluding hydrogens is 594 g/mol. The van der Waals surface area contributed by atoms with E-state index in [0.717, 1.165) is 22.2 Å². The Balaban J connectivity index is 1.72. The normalized spacial score (nSPS) is 14.8. The topological polar surface area (TPSA) is 110 Å². The predicted molar refractivity (Wildman–Crippen MR) is 173 cm³/mol. The number of hydrogen-bond donors (Lipinski definition) is 0. The van der Waals surface area contributed by atoms with Gasteiger partial charge in [0.1, 0.15) is 0 Å². The summed E-state index contributed by atoms with van der Waals surface area (Å²) in [5, 5.41) is 1.05. The van der Waals surface area contributed by atoms with Gasteiger partial charge in [-0.25, -0.2) is 14.6 Å². The van der Waals surface area contributed by atoms with Crippen molar-refractivity contribution < 1.29 is 28.5 Å². The molecule has 0 saturated carbocycles. The highest BCUT2D eigenvalue weighted by Crippen LogP contribution is 2.36. The van der Waals surface area contributed by atoms with Crippen LogP contribution in [-0.4, -0.2) is 48.0 Å². The highest BCUT2D eigenvalue weighted by molar-refractivity contribution is 7.07. The van der Waals surface area contributed by atoms with Crippen molar-refractivity contribution in [1.29, 1.82) is 0 Å². The first kappa shape index (κ1) is 31.8. The third kappa shape index (κ3) is 5.92. The van der Waals surface area contributed by atoms with Gasteiger partial charge < -0.3 is 23.5 Å². The lowest BCUT2D eigenvalue weighted by molar-refractivity contribution is -0.143. The van der Waals surface area contributed by atoms with Crippen LogP contribution in [0.5, 0.6) is 11.5 Å². The van der Waals surface area contributed by atoms with Gasteiger partial charge >= 0.3 is 11.9 Å². The summed E-state index contributed by atoms with van der Waals surface area (Å²) in [7, 11) is 1.28. The van der Waals surface area contributed by atoms with Crippen LogP contribution >= 0.6 is 11.3 Å². The van der Waals surface area contributed by atoms with Crippen LogP contribution in [0.4, 0.5) is 0 Å². The lowest BCUT2D eigenvalue weighted by Gasteiger charge is -2.25. The largest absolute Gasteiger partial charge is 0.490 e. The molecule has 0 spiro atoms. The molecule has 2 aromatic carbocycles. The number of aromatic nitrogens is 2. The highest BCUT2D eigenvalue weighted by atomic mass is 32.1. The maximum atomic E-state index is 14.3. The zero-order valence-corrected chi connectivity index (χ0v) is 27.3. The summed E-state index contributed by atoms with van der Waals surface area (Å²) >= 11 is 1.28. The van der Waals surface area contributed by atoms with Crippen molar-refractivity contribution in [3.8, 4) is 11.5 Å². The molecule has 0 radical (unpaired) electrons. The van der Waals surface area contributed by atoms with E-state index >= 15 is 0 Å². The number of nitrogens with zero attached hydrogens (tertiary/aromatic N) is 3. The van der Waals surface area contributed by atoms with Gasteiger partial charge in [-0.3, -0.25) is 9.36 Å². The van der Waals surface area contributed by atoms with Gasteiger partial charge in [0.15, 0.2) is 22.9 Å². The summed E-state index contributed by atoms with van der Waals surface area (Å²) in [6.45, 7) is 11.8. The Hall–Kier alpha value is -4.64. The van der Waals surface area contributed by atoms with Crippen molar-refractivity contribution in [2.75, 3.05) is 26.9 Å². The zero-order chi connectivity index (χ0) is 32.4. The number of fused-ring (bicyclic) bond motifs is 2. The van der Waals surface area contributed by atoms with Crippen molar-refractivity contribution >= 4 is 40.3 Å². The van der Waals surface area contributed by atoms with E-state index in [4.69, 9.17) is 23.9 Å². The molecule has 1 aliphatic rings. The maximum Gasteiger partial charge on any atom is 0.343 e. The van der Waals surface area contributed by atoms with Crippen LogP contribution < -0.4 is 24.4 Å². The quantitative estimate of drug-likeness (QED) is 0.236. The molecule has 236 valence electrons. The van der Waals surface area contributed by atoms with Crippen molar-refractivity contribution in [1.82, 2.24) is 9.13 Å². The van der Waals surface area contributed by atoms with Crippen LogP contribution in [-0.2, 0) is 19.1 Å². The standard InChI is InChI=1S/C34H37N3O7S/c1-8-42-27-16-22(14-15-26(27)44-18-29(38)41-7)31-30(33(40)43-9-2)20(5)35-34-37(31)32(39)28(45-34)17-24-21(6)36(19(3)4)25-13-11-10-12-23(24)25/h10-17,19,31H,8-9,18H2,1-7H3/b28-17+/t31-/m0/s1. The van der Waals surface area contributed by atoms with Crippen molar-refractivity contribution in [2.45, 2.75) is 53.6 Å². The molecule has 11 heteroatoms. The molecule has 1 atom stereocenters. The van der Waals surface area contributed by atoms with E-state index in [1.165, 1.54) is 18.4 Å². The van der Waals surface area contributed by atoms with Gasteiger partial charge in [0, 0.05) is 28.2 Å². The average Bonchev–Trinajstić information content (AvgIpc) is 3.48. The smallest absolute Gasteiger partial charge is 0.343 e. The third-order valence-corrected chi connectivity index (χ3v) is 8.65. The molecule has 0 unspecified atom stereocenters. The molecule has 0 aliphatic carbocycles. The number of hydrogen-bond acceptors (Lipinski definition) is 9. The van der Waals surface area contributed by atoms with Crippen molar-refractivity contribution in [3.05, 3.63) is 90.2 Å². The van der Waals surface area contributed by atoms with E-state index in [2.05, 4.69) is 37.5 Å². The highest BCUT2D eigenvalue weighted by Gasteiger charge is 2.34. The molecule has 5 rings (SSSR count). The summed E-state index contributed by atoms with van der Waals surface area (Å²) in [5.41, 5.74) is 4.16. The van der Waals surface area contributed by atoms with Gasteiger partial charge in [-0.2, -0.15) is 0 Å². The summed E-state index contributed by atoms with van der Waals surface area (Å²) in [5.74, 6) is -0.411. The Bertz CT molecular complexity index is 2000. The van der Waals surface area contributed by atoms with Crippen LogP contribution in [0, 0.1) is 6.92 Å². The lowest BCUT2D eigenvalue weighted by Crippen LogP contribution is -2.40. The molecule has 0 N–H and O–H groups in total. The summed E-state index contributed by atoms with van der Waals surface area (Å²) < 4.78 is 26.0. The Labute approximate surface area is 264 Å². The second-order valence-electron chi connectivity index (χ2n) is 10.8. The fourth-order valence-electron chi connectivity index (χ4n) is 5.78. The van der Waals surface area contributed by atoms with Gasteiger partial charge in [0.2, 0.25) is 0 Å². The van der Waals surface area contributed by atoms with Crippen molar-refractivity contribution in [3.63, 3.8) is 0 Å². The minimum absolute atomic E-state index is 0.163. The summed E-state index contributed by atoms with van der Waals surface area (Å²) in [6.07, 6.45) is 1.93. The molecular formula is C34H37N3O7S. The van der Waals surface area contributed by atoms with Crippen LogP contribution in [0.2, 0.25) is 0 Å². The molecule has 3 heterocycles. The molecule has 2 aromatic heterocycles. The van der Waals surface area contributed by atoms with Gasteiger partial charge in [-0.05, 0) is 71.4 Å². The van der Waals surface area contributed by atoms with Gasteiger partial charge in [-0.1, -0.05) is 35.6 Å². The molecule has 0 saturated heterocycles. The number of carbonyl (C=O) groups is 2. The zero-order valence-electron chi connectivity index (χ0n) is 26.5. The second kappa shape index (κ2) is 13.2. The first-order valence-electron chi connectivity index (χ1n) is 14.9. The molecule has 4 aromatic rings. The van der Waals surface area contributed by atoms with Gasteiger partial charge in [0.05, 0.1) is 42.2 Å². The van der Waals surface area contributed by atoms with E-state index in [1.54, 1.807) is 36.6 Å². The Morgan fingerprint density at radius 2 is 1.80 bits per heavy atom. The molecule has 1 aliphatic heterocycles. The van der Waals surface area contributed by atoms with E-state index in [-0.39, 0.29) is 30.4 Å². The molecule has 0 fully saturated rings. The lowest BCUT2D eigenvalue weighted by atomic mass is 9.95. The van der Waals surface area contributed by atoms with E-state index in [0.29, 0.717) is 38.7 Å². The maximum absolute atomic E-state index is 14.3. The number of esters is 2. The molecule has 0 amide bonds. The first-order chi connectivity index (χ1) is 21.6. The van der Waals surface area contributed by atoms with E-state index < -0.39 is 18.0 Å². The van der Waals surface area contributed by atoms with Gasteiger partial charge in [0.25, 0.3) is 5.56 Å². The number of rotatable bonds is 10. The predicted octanol–water partition coefficient (Wildman–Crippen LogP) is 4.59. The molecule has 45 heavy (non-hydrogen) atoms. The second-order valence-corrected chi connectivity index (χ2v) is 11.8. The van der Waals surface area contributed by atoms with E-state index in [1.807, 2.05) is 25.1 Å². The van der Waals surface area contributed by atoms with Crippen LogP contribution in [0.1, 0.15) is 63.5 Å². The van der Waals surface area contributed by atoms with Crippen molar-refractivity contribution in [2.24, 2.45) is 4.99 Å². The molecule has 0 bridgehead atoms. The average molecular weight is 632 g/mol. The summed E-state index contributed by atoms with van der Waals surface area (Å²) in [6, 6.07) is 12.7. The van der Waals surface area contributed by atoms with Gasteiger partial charge in [-0.15, -0.1) is 0 Å². The SMILES string of the molecule is CCOC(=O)C1=C(C)N=c2s/c(=C/c3c(C)n(C(C)C)c4ccccc34)c(=O)n2[C@H]1c1ccc(OCC(=O)OC)c(OCC)c1. The number of carbonyl (C=O) groups excluding carboxylic acids is 2. The number of allylic oxidation sites excluding steroid dienone is 1. The number of para-hydroxylation sites is 1. The fourth-order valence-corrected chi connectivity index (χ4v) is 6.81. The number of methoxy groups -OCH3 is 1. The minimum Gasteiger partial charge on any atom is -0.490 e. The molecule has 10 nitrogen and oxygen atoms in total. The summed E-state index contributed by atoms with van der Waals surface area (Å²) in [4.78, 5) is 44.6.